The van der Waals surface area contributed by atoms with Gasteiger partial charge < -0.3 is 14.9 Å². The SMILES string of the molecule is COc1ccc(/C(=C/CO)c2ccccc2)c(O)c1. The Kier molecular flexibility index (Phi) is 4.21. The molecule has 2 aromatic carbocycles. The highest BCUT2D eigenvalue weighted by Gasteiger charge is 2.10. The van der Waals surface area contributed by atoms with E-state index in [9.17, 15) is 5.11 Å². The van der Waals surface area contributed by atoms with Gasteiger partial charge in [0.2, 0.25) is 0 Å². The number of aromatic hydroxyl groups is 1. The highest BCUT2D eigenvalue weighted by atomic mass is 16.5. The van der Waals surface area contributed by atoms with Crippen LogP contribution in [0.25, 0.3) is 5.57 Å². The number of hydrogen-bond donors (Lipinski definition) is 2. The number of ether oxygens (including phenoxy) is 1. The topological polar surface area (TPSA) is 49.7 Å². The van der Waals surface area contributed by atoms with Crippen molar-refractivity contribution in [3.8, 4) is 11.5 Å². The van der Waals surface area contributed by atoms with Crippen LogP contribution in [0.5, 0.6) is 11.5 Å². The molecule has 0 atom stereocenters. The summed E-state index contributed by atoms with van der Waals surface area (Å²) in [7, 11) is 1.55. The van der Waals surface area contributed by atoms with E-state index in [1.807, 2.05) is 30.3 Å². The molecule has 2 aromatic rings. The van der Waals surface area contributed by atoms with Crippen LogP contribution in [0.15, 0.2) is 54.6 Å². The third-order valence-electron chi connectivity index (χ3n) is 2.88. The van der Waals surface area contributed by atoms with Crippen molar-refractivity contribution in [2.75, 3.05) is 13.7 Å². The van der Waals surface area contributed by atoms with Crippen LogP contribution >= 0.6 is 0 Å². The zero-order valence-corrected chi connectivity index (χ0v) is 10.7. The average Bonchev–Trinajstić information content (AvgIpc) is 2.46. The first-order valence-electron chi connectivity index (χ1n) is 6.00. The van der Waals surface area contributed by atoms with Crippen molar-refractivity contribution >= 4 is 5.57 Å². The smallest absolute Gasteiger partial charge is 0.127 e. The van der Waals surface area contributed by atoms with Gasteiger partial charge in [0.25, 0.3) is 0 Å². The zero-order valence-electron chi connectivity index (χ0n) is 10.7. The van der Waals surface area contributed by atoms with E-state index in [1.54, 1.807) is 31.4 Å². The molecule has 3 heteroatoms. The first-order valence-corrected chi connectivity index (χ1v) is 6.00. The van der Waals surface area contributed by atoms with Gasteiger partial charge in [0.1, 0.15) is 11.5 Å². The molecular formula is C16H16O3. The molecule has 0 saturated heterocycles. The molecule has 98 valence electrons. The number of aliphatic hydroxyl groups excluding tert-OH is 1. The lowest BCUT2D eigenvalue weighted by Crippen LogP contribution is -1.92. The van der Waals surface area contributed by atoms with Crippen molar-refractivity contribution in [2.24, 2.45) is 0 Å². The molecule has 0 radical (unpaired) electrons. The van der Waals surface area contributed by atoms with E-state index in [0.717, 1.165) is 11.1 Å². The second-order valence-electron chi connectivity index (χ2n) is 4.05. The molecule has 19 heavy (non-hydrogen) atoms. The van der Waals surface area contributed by atoms with Crippen LogP contribution in [0.4, 0.5) is 0 Å². The Morgan fingerprint density at radius 3 is 2.47 bits per heavy atom. The lowest BCUT2D eigenvalue weighted by atomic mass is 9.97. The fraction of sp³-hybridized carbons (Fsp3) is 0.125. The van der Waals surface area contributed by atoms with Crippen molar-refractivity contribution in [3.05, 3.63) is 65.7 Å². The first-order chi connectivity index (χ1) is 9.26. The molecule has 0 saturated carbocycles. The van der Waals surface area contributed by atoms with Gasteiger partial charge in [-0.3, -0.25) is 0 Å². The van der Waals surface area contributed by atoms with E-state index in [0.29, 0.717) is 11.3 Å². The van der Waals surface area contributed by atoms with Crippen molar-refractivity contribution in [3.63, 3.8) is 0 Å². The number of phenolic OH excluding ortho intramolecular Hbond substituents is 1. The second-order valence-corrected chi connectivity index (χ2v) is 4.05. The molecule has 0 fully saturated rings. The molecule has 0 unspecified atom stereocenters. The van der Waals surface area contributed by atoms with Gasteiger partial charge in [-0.1, -0.05) is 36.4 Å². The molecule has 2 N–H and O–H groups in total. The van der Waals surface area contributed by atoms with Gasteiger partial charge >= 0.3 is 0 Å². The summed E-state index contributed by atoms with van der Waals surface area (Å²) < 4.78 is 5.07. The number of benzene rings is 2. The molecule has 2 rings (SSSR count). The third kappa shape index (κ3) is 2.95. The number of phenols is 1. The summed E-state index contributed by atoms with van der Waals surface area (Å²) in [6.45, 7) is -0.0876. The van der Waals surface area contributed by atoms with Crippen LogP contribution < -0.4 is 4.74 Å². The van der Waals surface area contributed by atoms with Crippen LogP contribution in [0.3, 0.4) is 0 Å². The highest BCUT2D eigenvalue weighted by Crippen LogP contribution is 2.32. The molecule has 0 bridgehead atoms. The van der Waals surface area contributed by atoms with Gasteiger partial charge in [-0.2, -0.15) is 0 Å². The van der Waals surface area contributed by atoms with Gasteiger partial charge in [-0.25, -0.2) is 0 Å². The summed E-state index contributed by atoms with van der Waals surface area (Å²) in [6.07, 6.45) is 1.68. The first kappa shape index (κ1) is 13.2. The minimum Gasteiger partial charge on any atom is -0.507 e. The Hall–Kier alpha value is -2.26. The summed E-state index contributed by atoms with van der Waals surface area (Å²) in [5.41, 5.74) is 2.40. The molecular weight excluding hydrogens is 240 g/mol. The fourth-order valence-corrected chi connectivity index (χ4v) is 1.96. The number of rotatable bonds is 4. The lowest BCUT2D eigenvalue weighted by Gasteiger charge is -2.11. The second kappa shape index (κ2) is 6.07. The minimum absolute atomic E-state index is 0.0876. The van der Waals surface area contributed by atoms with Crippen LogP contribution in [0.2, 0.25) is 0 Å². The number of hydrogen-bond acceptors (Lipinski definition) is 3. The molecule has 0 aromatic heterocycles. The van der Waals surface area contributed by atoms with E-state index >= 15 is 0 Å². The third-order valence-corrected chi connectivity index (χ3v) is 2.88. The van der Waals surface area contributed by atoms with Crippen LogP contribution in [0, 0.1) is 0 Å². The van der Waals surface area contributed by atoms with Gasteiger partial charge in [-0.15, -0.1) is 0 Å². The summed E-state index contributed by atoms with van der Waals surface area (Å²) >= 11 is 0. The Balaban J connectivity index is 2.49. The molecule has 0 aliphatic rings. The average molecular weight is 256 g/mol. The number of aliphatic hydroxyl groups is 1. The fourth-order valence-electron chi connectivity index (χ4n) is 1.96. The van der Waals surface area contributed by atoms with E-state index < -0.39 is 0 Å². The standard InChI is InChI=1S/C16H16O3/c1-19-13-7-8-15(16(18)11-13)14(9-10-17)12-5-3-2-4-6-12/h2-9,11,17-18H,10H2,1H3/b14-9+. The van der Waals surface area contributed by atoms with Crippen molar-refractivity contribution < 1.29 is 14.9 Å². The molecule has 0 heterocycles. The Labute approximate surface area is 112 Å². The normalized spacial score (nSPS) is 11.4. The van der Waals surface area contributed by atoms with Crippen LogP contribution in [-0.4, -0.2) is 23.9 Å². The predicted molar refractivity (Wildman–Crippen MR) is 75.3 cm³/mol. The molecule has 0 aliphatic heterocycles. The van der Waals surface area contributed by atoms with Gasteiger partial charge in [-0.05, 0) is 23.3 Å². The largest absolute Gasteiger partial charge is 0.507 e. The predicted octanol–water partition coefficient (Wildman–Crippen LogP) is 2.82. The zero-order chi connectivity index (χ0) is 13.7. The van der Waals surface area contributed by atoms with E-state index in [1.165, 1.54) is 0 Å². The quantitative estimate of drug-likeness (QED) is 0.884. The Bertz CT molecular complexity index is 574. The van der Waals surface area contributed by atoms with Crippen LogP contribution in [0.1, 0.15) is 11.1 Å². The molecule has 0 spiro atoms. The number of methoxy groups -OCH3 is 1. The molecule has 0 aliphatic carbocycles. The maximum Gasteiger partial charge on any atom is 0.127 e. The molecule has 0 amide bonds. The van der Waals surface area contributed by atoms with Crippen molar-refractivity contribution in [2.45, 2.75) is 0 Å². The summed E-state index contributed by atoms with van der Waals surface area (Å²) in [5.74, 6) is 0.723. The van der Waals surface area contributed by atoms with Gasteiger partial charge in [0.15, 0.2) is 0 Å². The maximum absolute atomic E-state index is 10.1. The summed E-state index contributed by atoms with van der Waals surface area (Å²) in [6, 6.07) is 14.8. The lowest BCUT2D eigenvalue weighted by molar-refractivity contribution is 0.343. The van der Waals surface area contributed by atoms with Crippen molar-refractivity contribution in [1.29, 1.82) is 0 Å². The van der Waals surface area contributed by atoms with E-state index in [4.69, 9.17) is 9.84 Å². The Morgan fingerprint density at radius 2 is 1.89 bits per heavy atom. The maximum atomic E-state index is 10.1. The Morgan fingerprint density at radius 1 is 1.16 bits per heavy atom. The highest BCUT2D eigenvalue weighted by molar-refractivity contribution is 5.83. The van der Waals surface area contributed by atoms with Crippen LogP contribution in [-0.2, 0) is 0 Å². The van der Waals surface area contributed by atoms with Gasteiger partial charge in [0, 0.05) is 11.6 Å². The summed E-state index contributed by atoms with van der Waals surface area (Å²) in [5, 5.41) is 19.2. The summed E-state index contributed by atoms with van der Waals surface area (Å²) in [4.78, 5) is 0. The van der Waals surface area contributed by atoms with Gasteiger partial charge in [0.05, 0.1) is 13.7 Å². The minimum atomic E-state index is -0.0876. The molecule has 3 nitrogen and oxygen atoms in total. The van der Waals surface area contributed by atoms with E-state index in [-0.39, 0.29) is 12.4 Å². The van der Waals surface area contributed by atoms with E-state index in [2.05, 4.69) is 0 Å². The monoisotopic (exact) mass is 256 g/mol. The van der Waals surface area contributed by atoms with Crippen molar-refractivity contribution in [1.82, 2.24) is 0 Å².